The van der Waals surface area contributed by atoms with Gasteiger partial charge in [0.2, 0.25) is 0 Å². The van der Waals surface area contributed by atoms with Gasteiger partial charge in [0.25, 0.3) is 0 Å². The second kappa shape index (κ2) is 9.35. The van der Waals surface area contributed by atoms with Crippen LogP contribution < -0.4 is 0 Å². The smallest absolute Gasteiger partial charge is 0.129 e. The van der Waals surface area contributed by atoms with Gasteiger partial charge in [0.1, 0.15) is 11.6 Å². The second-order valence-electron chi connectivity index (χ2n) is 8.32. The minimum atomic E-state index is -0.352. The molecular formula is C23H31ClF2. The van der Waals surface area contributed by atoms with Crippen LogP contribution in [0.15, 0.2) is 23.7 Å². The van der Waals surface area contributed by atoms with Gasteiger partial charge in [-0.15, -0.1) is 0 Å². The molecule has 0 spiro atoms. The highest BCUT2D eigenvalue weighted by Crippen LogP contribution is 2.44. The first-order valence-electron chi connectivity index (χ1n) is 10.4. The molecule has 3 heteroatoms. The molecule has 3 rings (SSSR count). The summed E-state index contributed by atoms with van der Waals surface area (Å²) in [6.07, 6.45) is 13.0. The van der Waals surface area contributed by atoms with Crippen LogP contribution in [-0.2, 0) is 6.42 Å². The number of allylic oxidation sites excluding steroid dienone is 1. The van der Waals surface area contributed by atoms with Gasteiger partial charge in [0, 0.05) is 11.1 Å². The summed E-state index contributed by atoms with van der Waals surface area (Å²) in [7, 11) is 0. The van der Waals surface area contributed by atoms with Crippen molar-refractivity contribution >= 4 is 11.6 Å². The van der Waals surface area contributed by atoms with Crippen molar-refractivity contribution in [1.29, 1.82) is 0 Å². The summed E-state index contributed by atoms with van der Waals surface area (Å²) in [5.74, 6) is 1.90. The molecule has 0 nitrogen and oxygen atoms in total. The quantitative estimate of drug-likeness (QED) is 0.489. The first kappa shape index (κ1) is 19.9. The van der Waals surface area contributed by atoms with Crippen molar-refractivity contribution in [1.82, 2.24) is 0 Å². The molecule has 0 atom stereocenters. The zero-order valence-corrected chi connectivity index (χ0v) is 16.6. The van der Waals surface area contributed by atoms with Gasteiger partial charge < -0.3 is 0 Å². The van der Waals surface area contributed by atoms with Crippen LogP contribution in [0.1, 0.15) is 81.8 Å². The highest BCUT2D eigenvalue weighted by Gasteiger charge is 2.31. The van der Waals surface area contributed by atoms with E-state index in [2.05, 4.69) is 6.08 Å². The second-order valence-corrected chi connectivity index (χ2v) is 8.57. The van der Waals surface area contributed by atoms with E-state index in [0.717, 1.165) is 36.7 Å². The molecule has 0 amide bonds. The van der Waals surface area contributed by atoms with Crippen LogP contribution in [0.5, 0.6) is 0 Å². The third kappa shape index (κ3) is 4.68. The van der Waals surface area contributed by atoms with Crippen molar-refractivity contribution in [3.05, 3.63) is 46.5 Å². The monoisotopic (exact) mass is 380 g/mol. The molecule has 0 saturated heterocycles. The van der Waals surface area contributed by atoms with Gasteiger partial charge in [-0.25, -0.2) is 8.78 Å². The van der Waals surface area contributed by atoms with Crippen LogP contribution in [0, 0.1) is 29.4 Å². The Labute approximate surface area is 162 Å². The number of hydrogen-bond acceptors (Lipinski definition) is 0. The Balaban J connectivity index is 1.56. The van der Waals surface area contributed by atoms with Crippen molar-refractivity contribution in [2.75, 3.05) is 0 Å². The third-order valence-corrected chi connectivity index (χ3v) is 6.88. The lowest BCUT2D eigenvalue weighted by Crippen LogP contribution is -2.25. The number of hydrogen-bond donors (Lipinski definition) is 0. The van der Waals surface area contributed by atoms with E-state index < -0.39 is 0 Å². The zero-order valence-electron chi connectivity index (χ0n) is 15.8. The molecule has 0 aromatic heterocycles. The Hall–Kier alpha value is -0.890. The summed E-state index contributed by atoms with van der Waals surface area (Å²) in [5.41, 5.74) is 2.79. The van der Waals surface area contributed by atoms with Gasteiger partial charge >= 0.3 is 0 Å². The summed E-state index contributed by atoms with van der Waals surface area (Å²) in [5, 5.41) is 0. The van der Waals surface area contributed by atoms with Gasteiger partial charge in [-0.2, -0.15) is 0 Å². The Bertz CT molecular complexity index is 586. The Kier molecular flexibility index (Phi) is 7.14. The van der Waals surface area contributed by atoms with E-state index in [9.17, 15) is 8.78 Å². The highest BCUT2D eigenvalue weighted by atomic mass is 35.5. The van der Waals surface area contributed by atoms with E-state index >= 15 is 0 Å². The van der Waals surface area contributed by atoms with Crippen molar-refractivity contribution in [3.8, 4) is 0 Å². The molecule has 2 aliphatic rings. The normalized spacial score (nSPS) is 30.0. The van der Waals surface area contributed by atoms with E-state index in [1.165, 1.54) is 38.5 Å². The van der Waals surface area contributed by atoms with Gasteiger partial charge in [-0.1, -0.05) is 31.0 Å². The lowest BCUT2D eigenvalue weighted by Gasteiger charge is -2.37. The van der Waals surface area contributed by atoms with Crippen molar-refractivity contribution < 1.29 is 8.78 Å². The first-order valence-corrected chi connectivity index (χ1v) is 10.8. The Morgan fingerprint density at radius 2 is 1.46 bits per heavy atom. The topological polar surface area (TPSA) is 0 Å². The van der Waals surface area contributed by atoms with Crippen LogP contribution in [0.25, 0.3) is 0 Å². The Morgan fingerprint density at radius 3 is 1.96 bits per heavy atom. The van der Waals surface area contributed by atoms with E-state index in [4.69, 9.17) is 11.6 Å². The third-order valence-electron chi connectivity index (χ3n) is 6.73. The average Bonchev–Trinajstić information content (AvgIpc) is 2.66. The molecule has 1 aromatic carbocycles. The molecule has 0 unspecified atom stereocenters. The molecule has 0 N–H and O–H groups in total. The van der Waals surface area contributed by atoms with Gasteiger partial charge in [-0.3, -0.25) is 0 Å². The van der Waals surface area contributed by atoms with Crippen LogP contribution in [0.4, 0.5) is 8.78 Å². The predicted octanol–water partition coefficient (Wildman–Crippen LogP) is 7.75. The van der Waals surface area contributed by atoms with Crippen LogP contribution in [0.3, 0.4) is 0 Å². The van der Waals surface area contributed by atoms with E-state index in [0.29, 0.717) is 18.3 Å². The SMILES string of the molecule is CCCc1c(F)cc(C2CCC([C@H]3CC[C@H](/C=C/Cl)CC3)CC2)cc1F. The molecule has 0 bridgehead atoms. The summed E-state index contributed by atoms with van der Waals surface area (Å²) in [6.45, 7) is 1.95. The molecule has 1 aromatic rings. The predicted molar refractivity (Wildman–Crippen MR) is 105 cm³/mol. The first-order chi connectivity index (χ1) is 12.6. The summed E-state index contributed by atoms with van der Waals surface area (Å²) in [4.78, 5) is 0. The highest BCUT2D eigenvalue weighted by molar-refractivity contribution is 6.25. The van der Waals surface area contributed by atoms with E-state index in [1.807, 2.05) is 6.92 Å². The van der Waals surface area contributed by atoms with Crippen molar-refractivity contribution in [3.63, 3.8) is 0 Å². The fourth-order valence-corrected chi connectivity index (χ4v) is 5.39. The standard InChI is InChI=1S/C23H31ClF2/c1-2-3-21-22(25)14-20(15-23(21)26)19-10-8-18(9-11-19)17-6-4-16(5-7-17)12-13-24/h12-19H,2-11H2,1H3/b13-12+/t16-,17-,18?,19?. The maximum Gasteiger partial charge on any atom is 0.129 e. The summed E-state index contributed by atoms with van der Waals surface area (Å²) in [6, 6.07) is 3.20. The number of benzene rings is 1. The van der Waals surface area contributed by atoms with Crippen LogP contribution >= 0.6 is 11.6 Å². The van der Waals surface area contributed by atoms with Gasteiger partial charge in [-0.05, 0) is 99.2 Å². The molecule has 2 saturated carbocycles. The average molecular weight is 381 g/mol. The summed E-state index contributed by atoms with van der Waals surface area (Å²) < 4.78 is 28.5. The van der Waals surface area contributed by atoms with Crippen molar-refractivity contribution in [2.45, 2.75) is 77.0 Å². The molecular weight excluding hydrogens is 350 g/mol. The molecule has 0 radical (unpaired) electrons. The van der Waals surface area contributed by atoms with Crippen LogP contribution in [0.2, 0.25) is 0 Å². The fourth-order valence-electron chi connectivity index (χ4n) is 5.18. The molecule has 0 aliphatic heterocycles. The minimum absolute atomic E-state index is 0.257. The molecule has 2 fully saturated rings. The molecule has 0 heterocycles. The van der Waals surface area contributed by atoms with Gasteiger partial charge in [0.15, 0.2) is 0 Å². The fraction of sp³-hybridized carbons (Fsp3) is 0.652. The maximum atomic E-state index is 14.3. The minimum Gasteiger partial charge on any atom is -0.207 e. The number of halogens is 3. The lowest BCUT2D eigenvalue weighted by atomic mass is 9.68. The Morgan fingerprint density at radius 1 is 0.923 bits per heavy atom. The summed E-state index contributed by atoms with van der Waals surface area (Å²) >= 11 is 5.71. The maximum absolute atomic E-state index is 14.3. The van der Waals surface area contributed by atoms with Crippen LogP contribution in [-0.4, -0.2) is 0 Å². The molecule has 2 aliphatic carbocycles. The lowest BCUT2D eigenvalue weighted by molar-refractivity contribution is 0.171. The van der Waals surface area contributed by atoms with Crippen molar-refractivity contribution in [2.24, 2.45) is 17.8 Å². The molecule has 26 heavy (non-hydrogen) atoms. The zero-order chi connectivity index (χ0) is 18.5. The van der Waals surface area contributed by atoms with E-state index in [1.54, 1.807) is 17.7 Å². The molecule has 144 valence electrons. The number of rotatable bonds is 5. The van der Waals surface area contributed by atoms with Gasteiger partial charge in [0.05, 0.1) is 0 Å². The largest absolute Gasteiger partial charge is 0.207 e. The van der Waals surface area contributed by atoms with E-state index in [-0.39, 0.29) is 17.2 Å².